The summed E-state index contributed by atoms with van der Waals surface area (Å²) in [4.78, 5) is 105. The lowest BCUT2D eigenvalue weighted by Gasteiger charge is -2.45. The van der Waals surface area contributed by atoms with Gasteiger partial charge in [0, 0.05) is 47.8 Å². The van der Waals surface area contributed by atoms with Gasteiger partial charge < -0.3 is 103 Å². The highest BCUT2D eigenvalue weighted by Gasteiger charge is 2.55. The van der Waals surface area contributed by atoms with Crippen molar-refractivity contribution in [2.75, 3.05) is 63.5 Å². The molecule has 836 valence electrons. The van der Waals surface area contributed by atoms with Crippen molar-refractivity contribution in [2.24, 2.45) is 38.2 Å². The Balaban J connectivity index is 0.000000351. The lowest BCUT2D eigenvalue weighted by molar-refractivity contribution is -0.167. The Hall–Kier alpha value is -4.59. The van der Waals surface area contributed by atoms with Crippen LogP contribution in [0.15, 0.2) is 40.5 Å². The van der Waals surface area contributed by atoms with Gasteiger partial charge in [-0.25, -0.2) is 19.6 Å². The van der Waals surface area contributed by atoms with Crippen molar-refractivity contribution in [3.05, 3.63) is 35.6 Å². The van der Waals surface area contributed by atoms with E-state index in [1.807, 2.05) is 52.1 Å². The second-order valence-corrected chi connectivity index (χ2v) is 69.5. The molecule has 145 heavy (non-hydrogen) atoms. The number of carboxylic acid groups (broad SMARTS) is 2. The average Bonchev–Trinajstić information content (AvgIpc) is 1.59. The van der Waals surface area contributed by atoms with Gasteiger partial charge in [-0.05, 0) is 237 Å². The van der Waals surface area contributed by atoms with E-state index in [0.717, 1.165) is 150 Å². The first-order chi connectivity index (χ1) is 66.8. The Bertz CT molecular complexity index is 4230. The Morgan fingerprint density at radius 1 is 0.517 bits per heavy atom. The molecule has 1 amide bonds. The van der Waals surface area contributed by atoms with Crippen LogP contribution in [0.3, 0.4) is 0 Å². The molecule has 14 atom stereocenters. The molecule has 30 nitrogen and oxygen atoms in total. The highest BCUT2D eigenvalue weighted by molar-refractivity contribution is 7.99. The molecule has 36 heteroatoms. The third kappa shape index (κ3) is 36.3. The van der Waals surface area contributed by atoms with Crippen molar-refractivity contribution in [1.29, 1.82) is 0 Å². The predicted octanol–water partition coefficient (Wildman–Crippen LogP) is 20.9. The van der Waals surface area contributed by atoms with E-state index < -0.39 is 110 Å². The zero-order valence-electron chi connectivity index (χ0n) is 95.0. The standard InChI is InChI=1S/C23H28ClN5O2S.C17H34O3Si.C16H32O4Si.C10H18O4.C10H22O3Si.C10H18O2.C10H16O2.C9H20O2Si.C4H8O3/c1-15-22(25)23(14-31-15)7-10-28(11-8-23)18-12-27-19(13-26-18)32-17-5-2-4-16(21(17)24)29-9-3-6-20(29)30;1-13(20-21(6,7)16(3,4)5)15(19)17(14(2)18)11-9-8-10-12-17;1-12(20-21(5,6)15(2,3)4)13(17)16(14(18)19)10-8-7-9-11-16;1-7(11)8(12)10(9(13)14)5-3-2-4-6-10;1-8(9(11)12-5)13-14(6,7)10(2,3)4;2*1-8-9(11)10(7-12-8)5-3-2-4-6-10;1-8(7-10)11-12(5,6)9(2,3)4;1-3(5)4(6)7-2/h2,4-5,12-13,15,22H,3,6-11,14,25H2,1H3;13,15,19H,8-12H2,1-7H3;12-13,17H,7-11H2,1-6H3,(H,18,19);7-8,11-12H,2-6H2,1H3,(H,13,14);8H,1-7H3;8-9,11H,2-7H2,1H3;8H,2-7H2,1H3;7-8H,1-6H3;3,5H,1-2H3/t15-,22+;13-,15?;12-,13?;7-,8?;8-;8-,9-;2*8-;3-/m011100000/s1. The topological polar surface area (TPSA) is 440 Å². The van der Waals surface area contributed by atoms with Crippen LogP contribution in [0.1, 0.15) is 339 Å². The molecule has 2 aromatic rings. The molecule has 10 aliphatic rings. The molecule has 1 aromatic carbocycles. The van der Waals surface area contributed by atoms with Crippen LogP contribution < -0.4 is 15.5 Å². The number of carbonyl (C=O) groups is 8. The zero-order chi connectivity index (χ0) is 111. The number of piperidine rings is 1. The Kier molecular flexibility index (Phi) is 52.2. The van der Waals surface area contributed by atoms with Crippen molar-refractivity contribution in [3.63, 3.8) is 0 Å². The molecular weight excluding hydrogens is 1960 g/mol. The molecule has 5 saturated heterocycles. The maximum Gasteiger partial charge on any atom is 0.334 e. The summed E-state index contributed by atoms with van der Waals surface area (Å²) in [6.45, 7) is 65.5. The Morgan fingerprint density at radius 3 is 1.27 bits per heavy atom. The zero-order valence-corrected chi connectivity index (χ0v) is 101. The van der Waals surface area contributed by atoms with E-state index in [4.69, 9.17) is 59.5 Å². The molecule has 0 radical (unpaired) electrons. The summed E-state index contributed by atoms with van der Waals surface area (Å²) in [6, 6.07) is 5.88. The monoisotopic (exact) mass is 2150 g/mol. The van der Waals surface area contributed by atoms with Gasteiger partial charge in [-0.2, -0.15) is 0 Å². The highest BCUT2D eigenvalue weighted by Crippen LogP contribution is 2.52. The maximum absolute atomic E-state index is 12.2. The Labute approximate surface area is 884 Å². The molecule has 5 aliphatic heterocycles. The number of esters is 2. The summed E-state index contributed by atoms with van der Waals surface area (Å²) >= 11 is 8.11. The van der Waals surface area contributed by atoms with Gasteiger partial charge in [0.05, 0.1) is 140 Å². The van der Waals surface area contributed by atoms with E-state index in [-0.39, 0.29) is 96.7 Å². The van der Waals surface area contributed by atoms with Crippen molar-refractivity contribution >= 4 is 116 Å². The number of anilines is 2. The van der Waals surface area contributed by atoms with Crippen molar-refractivity contribution < 1.29 is 121 Å². The molecule has 10 fully saturated rings. The number of aldehydes is 1. The number of aliphatic carboxylic acids is 2. The number of nitrogens with zero attached hydrogens (tertiary/aromatic N) is 4. The van der Waals surface area contributed by atoms with Crippen LogP contribution in [-0.2, 0) is 79.7 Å². The summed E-state index contributed by atoms with van der Waals surface area (Å²) in [5.74, 6) is -1.25. The normalized spacial score (nSPS) is 24.2. The number of carboxylic acids is 2. The number of hydrogen-bond donors (Lipinski definition) is 9. The molecule has 5 aliphatic carbocycles. The molecule has 1 aromatic heterocycles. The fraction of sp³-hybridized carbons (Fsp3) is 0.835. The number of halogens is 1. The number of ether oxygens (including phenoxy) is 5. The van der Waals surface area contributed by atoms with Gasteiger partial charge in [0.15, 0.2) is 39.1 Å². The summed E-state index contributed by atoms with van der Waals surface area (Å²) in [7, 11) is -4.90. The van der Waals surface area contributed by atoms with E-state index in [0.29, 0.717) is 56.1 Å². The number of amides is 1. The number of aliphatic hydroxyl groups is 6. The Morgan fingerprint density at radius 2 is 0.924 bits per heavy atom. The number of Topliss-reactive ketones (excluding diaryl/α,β-unsaturated/α-hetero) is 2. The molecule has 5 saturated carbocycles. The van der Waals surface area contributed by atoms with E-state index in [1.165, 1.54) is 97.6 Å². The highest BCUT2D eigenvalue weighted by atomic mass is 35.5. The summed E-state index contributed by atoms with van der Waals surface area (Å²) < 4.78 is 49.6. The number of nitrogens with two attached hydrogens (primary N) is 1. The predicted molar refractivity (Wildman–Crippen MR) is 584 cm³/mol. The number of hydrogen-bond acceptors (Lipinski definition) is 28. The largest absolute Gasteiger partial charge is 0.481 e. The second-order valence-electron chi connectivity index (χ2n) is 49.0. The van der Waals surface area contributed by atoms with Crippen LogP contribution in [0.25, 0.3) is 0 Å². The van der Waals surface area contributed by atoms with Gasteiger partial charge in [-0.1, -0.05) is 209 Å². The van der Waals surface area contributed by atoms with Gasteiger partial charge in [0.1, 0.15) is 41.2 Å². The SMILES string of the molecule is CC(=O)C1(C(O)[C@@H](C)O[Si](C)(C)C(C)(C)C)CCCCC1.COC(=O)[C@H](C)O.COC(=O)[C@H](C)O[Si](C)(C)C(C)(C)C.C[C@@H](C=O)O[Si](C)(C)C(C)(C)C.C[C@@H](O)C(O)C1(C(=O)O)CCCCC1.C[C@@H](O[Si](C)(C)C(C)(C)C)C(O)C1(C(=O)O)CCCCC1.C[C@@H]1OCC2(CCCCC2)C1=O.C[C@@H]1OCC2(CCCCC2)[C@H]1O.C[C@@H]1OCC2(CCN(c3cnc(Sc4cccc(N5CCCC5=O)c4Cl)cn3)CC2)[C@@H]1N. The van der Waals surface area contributed by atoms with Crippen molar-refractivity contribution in [3.8, 4) is 0 Å². The van der Waals surface area contributed by atoms with E-state index >= 15 is 0 Å². The van der Waals surface area contributed by atoms with Gasteiger partial charge >= 0.3 is 23.9 Å². The fourth-order valence-corrected chi connectivity index (χ4v) is 26.9. The lowest BCUT2D eigenvalue weighted by atomic mass is 9.66. The van der Waals surface area contributed by atoms with E-state index in [9.17, 15) is 69.0 Å². The molecule has 6 heterocycles. The van der Waals surface area contributed by atoms with Gasteiger partial charge in [0.2, 0.25) is 5.91 Å². The smallest absolute Gasteiger partial charge is 0.334 e. The fourth-order valence-electron chi connectivity index (χ4n) is 20.3. The second kappa shape index (κ2) is 57.0. The van der Waals surface area contributed by atoms with Crippen LogP contribution in [0.5, 0.6) is 0 Å². The third-order valence-corrected chi connectivity index (χ3v) is 53.9. The number of aliphatic hydroxyl groups excluding tert-OH is 6. The third-order valence-electron chi connectivity index (χ3n) is 34.2. The van der Waals surface area contributed by atoms with Crippen LogP contribution in [0.4, 0.5) is 11.5 Å². The lowest BCUT2D eigenvalue weighted by Crippen LogP contribution is -2.53. The summed E-state index contributed by atoms with van der Waals surface area (Å²) in [6.07, 6.45) is 25.9. The maximum atomic E-state index is 12.2. The van der Waals surface area contributed by atoms with Crippen molar-refractivity contribution in [2.45, 2.75) is 506 Å². The first kappa shape index (κ1) is 133. The first-order valence-corrected chi connectivity index (χ1v) is 66.5. The van der Waals surface area contributed by atoms with Crippen LogP contribution >= 0.6 is 23.4 Å². The minimum Gasteiger partial charge on any atom is -0.481 e. The number of ketones is 2. The number of aromatic nitrogens is 2. The molecule has 0 bridgehead atoms. The summed E-state index contributed by atoms with van der Waals surface area (Å²) in [5.41, 5.74) is 4.65. The van der Waals surface area contributed by atoms with Crippen LogP contribution in [0, 0.1) is 32.5 Å². The van der Waals surface area contributed by atoms with E-state index in [2.05, 4.69) is 167 Å². The number of rotatable bonds is 24. The molecule has 10 N–H and O–H groups in total. The number of methoxy groups -OCH3 is 2. The number of carbonyl (C=O) groups excluding carboxylic acids is 6. The first-order valence-electron chi connectivity index (χ1n) is 53.7. The number of benzene rings is 1. The van der Waals surface area contributed by atoms with E-state index in [1.54, 1.807) is 31.9 Å². The van der Waals surface area contributed by atoms with Gasteiger partial charge in [0.25, 0.3) is 0 Å². The summed E-state index contributed by atoms with van der Waals surface area (Å²) in [5, 5.41) is 79.5. The quantitative estimate of drug-likeness (QED) is 0.0268. The minimum atomic E-state index is -2.01. The van der Waals surface area contributed by atoms with Crippen LogP contribution in [0.2, 0.25) is 77.6 Å². The van der Waals surface area contributed by atoms with Crippen LogP contribution in [-0.4, -0.2) is 271 Å². The molecule has 3 spiro atoms. The van der Waals surface area contributed by atoms with Gasteiger partial charge in [-0.3, -0.25) is 24.0 Å². The minimum absolute atomic E-state index is 0.0456. The van der Waals surface area contributed by atoms with Crippen molar-refractivity contribution in [1.82, 2.24) is 9.97 Å². The molecule has 3 unspecified atom stereocenters. The average molecular weight is 2160 g/mol. The molecular formula is C109H196ClN5O25SSi4. The molecule has 12 rings (SSSR count). The van der Waals surface area contributed by atoms with Gasteiger partial charge in [-0.15, -0.1) is 0 Å².